The van der Waals surface area contributed by atoms with Gasteiger partial charge in [0, 0.05) is 11.7 Å². The molecule has 2 aromatic rings. The van der Waals surface area contributed by atoms with Crippen molar-refractivity contribution in [2.45, 2.75) is 31.7 Å². The lowest BCUT2D eigenvalue weighted by molar-refractivity contribution is -0.119. The molecule has 140 valence electrons. The number of carbonyl (C=O) groups is 1. The summed E-state index contributed by atoms with van der Waals surface area (Å²) in [5.74, 6) is -0.677. The van der Waals surface area contributed by atoms with Gasteiger partial charge in [0.05, 0.1) is 21.5 Å². The van der Waals surface area contributed by atoms with Crippen molar-refractivity contribution in [3.8, 4) is 0 Å². The quantitative estimate of drug-likeness (QED) is 0.697. The first-order valence-electron chi connectivity index (χ1n) is 8.06. The number of amides is 1. The van der Waals surface area contributed by atoms with E-state index in [1.54, 1.807) is 57.2 Å². The zero-order chi connectivity index (χ0) is 19.5. The molecule has 2 unspecified atom stereocenters. The number of benzene rings is 2. The lowest BCUT2D eigenvalue weighted by atomic mass is 10.0. The molecular weight excluding hydrogens is 374 g/mol. The van der Waals surface area contributed by atoms with E-state index in [1.165, 1.54) is 6.07 Å². The van der Waals surface area contributed by atoms with E-state index in [-0.39, 0.29) is 22.5 Å². The van der Waals surface area contributed by atoms with Gasteiger partial charge in [-0.15, -0.1) is 0 Å². The van der Waals surface area contributed by atoms with Gasteiger partial charge in [0.15, 0.2) is 0 Å². The fourth-order valence-electron chi connectivity index (χ4n) is 2.21. The van der Waals surface area contributed by atoms with Gasteiger partial charge in [0.2, 0.25) is 5.91 Å². The lowest BCUT2D eigenvalue weighted by Crippen LogP contribution is -2.34. The Hall–Kier alpha value is -2.09. The van der Waals surface area contributed by atoms with Crippen LogP contribution < -0.4 is 15.8 Å². The van der Waals surface area contributed by atoms with Gasteiger partial charge >= 0.3 is 0 Å². The maximum absolute atomic E-state index is 12.8. The largest absolute Gasteiger partial charge is 0.327 e. The molecule has 4 N–H and O–H groups in total. The second-order valence-electron chi connectivity index (χ2n) is 6.20. The molecule has 0 saturated carbocycles. The number of anilines is 2. The summed E-state index contributed by atoms with van der Waals surface area (Å²) in [6, 6.07) is 10.9. The van der Waals surface area contributed by atoms with Gasteiger partial charge in [0.25, 0.3) is 10.0 Å². The molecule has 2 rings (SSSR count). The van der Waals surface area contributed by atoms with Crippen molar-refractivity contribution < 1.29 is 13.2 Å². The average molecular weight is 396 g/mol. The minimum absolute atomic E-state index is 0.0590. The molecule has 8 heteroatoms. The van der Waals surface area contributed by atoms with Crippen molar-refractivity contribution in [2.75, 3.05) is 10.0 Å². The van der Waals surface area contributed by atoms with Crippen LogP contribution in [-0.2, 0) is 14.8 Å². The second kappa shape index (κ2) is 8.07. The normalized spacial score (nSPS) is 13.7. The Labute approximate surface area is 158 Å². The molecule has 1 amide bonds. The van der Waals surface area contributed by atoms with E-state index in [0.717, 1.165) is 0 Å². The van der Waals surface area contributed by atoms with Crippen LogP contribution in [0.1, 0.15) is 19.4 Å². The van der Waals surface area contributed by atoms with Crippen LogP contribution in [0.15, 0.2) is 47.4 Å². The number of nitrogens with one attached hydrogen (secondary N) is 2. The molecule has 2 atom stereocenters. The van der Waals surface area contributed by atoms with Crippen LogP contribution in [0, 0.1) is 12.8 Å². The van der Waals surface area contributed by atoms with E-state index >= 15 is 0 Å². The van der Waals surface area contributed by atoms with Crippen LogP contribution in [0.3, 0.4) is 0 Å². The Bertz CT molecular complexity index is 914. The number of para-hydroxylation sites is 1. The monoisotopic (exact) mass is 395 g/mol. The van der Waals surface area contributed by atoms with Gasteiger partial charge in [0.1, 0.15) is 0 Å². The Morgan fingerprint density at radius 2 is 1.81 bits per heavy atom. The molecule has 6 nitrogen and oxygen atoms in total. The number of sulfonamides is 1. The number of halogens is 1. The first kappa shape index (κ1) is 20.2. The van der Waals surface area contributed by atoms with Gasteiger partial charge < -0.3 is 11.1 Å². The molecule has 0 aliphatic rings. The number of nitrogens with two attached hydrogens (primary N) is 1. The van der Waals surface area contributed by atoms with Crippen molar-refractivity contribution in [1.82, 2.24) is 0 Å². The van der Waals surface area contributed by atoms with Gasteiger partial charge in [-0.05, 0) is 43.7 Å². The summed E-state index contributed by atoms with van der Waals surface area (Å²) in [5.41, 5.74) is 6.95. The van der Waals surface area contributed by atoms with Crippen molar-refractivity contribution in [1.29, 1.82) is 0 Å². The topological polar surface area (TPSA) is 101 Å². The van der Waals surface area contributed by atoms with E-state index in [0.29, 0.717) is 16.3 Å². The third kappa shape index (κ3) is 4.75. The Kier molecular flexibility index (Phi) is 6.28. The number of aryl methyl sites for hydroxylation is 1. The van der Waals surface area contributed by atoms with Crippen molar-refractivity contribution in [3.63, 3.8) is 0 Å². The average Bonchev–Trinajstić information content (AvgIpc) is 2.57. The molecular formula is C18H22ClN3O3S. The highest BCUT2D eigenvalue weighted by molar-refractivity contribution is 7.92. The molecule has 26 heavy (non-hydrogen) atoms. The predicted octanol–water partition coefficient (Wildman–Crippen LogP) is 3.37. The molecule has 0 aromatic heterocycles. The van der Waals surface area contributed by atoms with E-state index in [4.69, 9.17) is 17.3 Å². The Morgan fingerprint density at radius 1 is 1.15 bits per heavy atom. The maximum atomic E-state index is 12.8. The van der Waals surface area contributed by atoms with Crippen molar-refractivity contribution in [3.05, 3.63) is 53.1 Å². The van der Waals surface area contributed by atoms with Crippen LogP contribution in [-0.4, -0.2) is 20.4 Å². The van der Waals surface area contributed by atoms with Crippen LogP contribution in [0.25, 0.3) is 0 Å². The fraction of sp³-hybridized carbons (Fsp3) is 0.278. The van der Waals surface area contributed by atoms with E-state index in [1.807, 2.05) is 0 Å². The van der Waals surface area contributed by atoms with Crippen LogP contribution in [0.5, 0.6) is 0 Å². The molecule has 0 radical (unpaired) electrons. The molecule has 2 aromatic carbocycles. The molecule has 0 saturated heterocycles. The highest BCUT2D eigenvalue weighted by Crippen LogP contribution is 2.27. The summed E-state index contributed by atoms with van der Waals surface area (Å²) in [6.07, 6.45) is 0. The van der Waals surface area contributed by atoms with Gasteiger partial charge in [-0.25, -0.2) is 8.42 Å². The summed E-state index contributed by atoms with van der Waals surface area (Å²) in [4.78, 5) is 12.2. The Morgan fingerprint density at radius 3 is 2.42 bits per heavy atom. The summed E-state index contributed by atoms with van der Waals surface area (Å²) in [7, 11) is -3.87. The SMILES string of the molecule is Cc1ccc(NC(=O)C(C)C(C)N)cc1S(=O)(=O)Nc1ccccc1Cl. The molecule has 0 spiro atoms. The molecule has 0 aliphatic carbocycles. The van der Waals surface area contributed by atoms with Gasteiger partial charge in [-0.3, -0.25) is 9.52 Å². The summed E-state index contributed by atoms with van der Waals surface area (Å²) >= 11 is 6.03. The Balaban J connectivity index is 2.31. The summed E-state index contributed by atoms with van der Waals surface area (Å²) in [6.45, 7) is 5.13. The molecule has 0 heterocycles. The number of hydrogen-bond donors (Lipinski definition) is 3. The zero-order valence-corrected chi connectivity index (χ0v) is 16.4. The van der Waals surface area contributed by atoms with Gasteiger partial charge in [-0.2, -0.15) is 0 Å². The lowest BCUT2D eigenvalue weighted by Gasteiger charge is -2.17. The first-order valence-corrected chi connectivity index (χ1v) is 9.92. The predicted molar refractivity (Wildman–Crippen MR) is 105 cm³/mol. The summed E-state index contributed by atoms with van der Waals surface area (Å²) < 4.78 is 28.0. The number of rotatable bonds is 6. The molecule has 0 aliphatic heterocycles. The summed E-state index contributed by atoms with van der Waals surface area (Å²) in [5, 5.41) is 3.00. The number of hydrogen-bond acceptors (Lipinski definition) is 4. The van der Waals surface area contributed by atoms with Crippen LogP contribution in [0.2, 0.25) is 5.02 Å². The van der Waals surface area contributed by atoms with E-state index in [9.17, 15) is 13.2 Å². The van der Waals surface area contributed by atoms with Crippen LogP contribution in [0.4, 0.5) is 11.4 Å². The van der Waals surface area contributed by atoms with Crippen molar-refractivity contribution in [2.24, 2.45) is 11.7 Å². The minimum atomic E-state index is -3.87. The zero-order valence-electron chi connectivity index (χ0n) is 14.8. The standard InChI is InChI=1S/C18H22ClN3O3S/c1-11-8-9-14(21-18(23)12(2)13(3)20)10-17(11)26(24,25)22-16-7-5-4-6-15(16)19/h4-10,12-13,22H,20H2,1-3H3,(H,21,23). The maximum Gasteiger partial charge on any atom is 0.262 e. The van der Waals surface area contributed by atoms with E-state index < -0.39 is 15.9 Å². The smallest absolute Gasteiger partial charge is 0.262 e. The molecule has 0 fully saturated rings. The minimum Gasteiger partial charge on any atom is -0.327 e. The third-order valence-electron chi connectivity index (χ3n) is 4.07. The highest BCUT2D eigenvalue weighted by atomic mass is 35.5. The first-order chi connectivity index (χ1) is 12.1. The fourth-order valence-corrected chi connectivity index (χ4v) is 3.80. The number of carbonyl (C=O) groups excluding carboxylic acids is 1. The van der Waals surface area contributed by atoms with Gasteiger partial charge in [-0.1, -0.05) is 36.7 Å². The second-order valence-corrected chi connectivity index (χ2v) is 8.26. The highest BCUT2D eigenvalue weighted by Gasteiger charge is 2.21. The third-order valence-corrected chi connectivity index (χ3v) is 5.90. The molecule has 0 bridgehead atoms. The van der Waals surface area contributed by atoms with E-state index in [2.05, 4.69) is 10.0 Å². The van der Waals surface area contributed by atoms with Crippen LogP contribution >= 0.6 is 11.6 Å². The van der Waals surface area contributed by atoms with Crippen molar-refractivity contribution >= 4 is 38.9 Å².